The molecule has 0 bridgehead atoms. The summed E-state index contributed by atoms with van der Waals surface area (Å²) in [7, 11) is 1.70. The molecule has 0 saturated carbocycles. The van der Waals surface area contributed by atoms with Gasteiger partial charge in [-0.2, -0.15) is 0 Å². The molecule has 4 nitrogen and oxygen atoms in total. The van der Waals surface area contributed by atoms with Crippen LogP contribution in [-0.4, -0.2) is 44.4 Å². The molecular formula is C15H24N2O2. The van der Waals surface area contributed by atoms with Crippen molar-refractivity contribution in [3.8, 4) is 5.75 Å². The normalized spacial score (nSPS) is 20.0. The SMILES string of the molecule is COc1ccc(C(C(C)N)N2CCOCC2)cc1C. The minimum absolute atomic E-state index is 0.0888. The van der Waals surface area contributed by atoms with Gasteiger partial charge in [-0.15, -0.1) is 0 Å². The molecule has 1 fully saturated rings. The fourth-order valence-electron chi connectivity index (χ4n) is 2.79. The van der Waals surface area contributed by atoms with Gasteiger partial charge in [0.05, 0.1) is 20.3 Å². The molecule has 1 heterocycles. The second kappa shape index (κ2) is 6.37. The number of hydrogen-bond acceptors (Lipinski definition) is 4. The zero-order chi connectivity index (χ0) is 13.8. The Balaban J connectivity index is 2.25. The molecule has 2 unspecified atom stereocenters. The Hall–Kier alpha value is -1.10. The quantitative estimate of drug-likeness (QED) is 0.899. The molecule has 1 saturated heterocycles. The third kappa shape index (κ3) is 3.26. The summed E-state index contributed by atoms with van der Waals surface area (Å²) in [5.74, 6) is 0.925. The van der Waals surface area contributed by atoms with Gasteiger partial charge >= 0.3 is 0 Å². The van der Waals surface area contributed by atoms with Crippen LogP contribution in [0.2, 0.25) is 0 Å². The second-order valence-corrected chi connectivity index (χ2v) is 5.18. The molecule has 2 rings (SSSR count). The van der Waals surface area contributed by atoms with Gasteiger partial charge in [-0.3, -0.25) is 4.90 Å². The van der Waals surface area contributed by atoms with E-state index in [1.165, 1.54) is 5.56 Å². The monoisotopic (exact) mass is 264 g/mol. The molecule has 1 aromatic carbocycles. The van der Waals surface area contributed by atoms with Gasteiger partial charge in [-0.05, 0) is 31.0 Å². The summed E-state index contributed by atoms with van der Waals surface area (Å²) < 4.78 is 10.7. The van der Waals surface area contributed by atoms with Gasteiger partial charge in [-0.25, -0.2) is 0 Å². The Morgan fingerprint density at radius 1 is 1.32 bits per heavy atom. The topological polar surface area (TPSA) is 47.7 Å². The number of methoxy groups -OCH3 is 1. The van der Waals surface area contributed by atoms with E-state index >= 15 is 0 Å². The predicted molar refractivity (Wildman–Crippen MR) is 76.5 cm³/mol. The summed E-state index contributed by atoms with van der Waals surface area (Å²) >= 11 is 0. The maximum Gasteiger partial charge on any atom is 0.121 e. The molecule has 0 spiro atoms. The van der Waals surface area contributed by atoms with Crippen LogP contribution < -0.4 is 10.5 Å². The van der Waals surface area contributed by atoms with E-state index in [9.17, 15) is 0 Å². The van der Waals surface area contributed by atoms with Crippen molar-refractivity contribution < 1.29 is 9.47 Å². The van der Waals surface area contributed by atoms with E-state index in [1.54, 1.807) is 7.11 Å². The lowest BCUT2D eigenvalue weighted by atomic mass is 9.97. The van der Waals surface area contributed by atoms with Gasteiger partial charge in [0.1, 0.15) is 5.75 Å². The Kier molecular flexibility index (Phi) is 4.80. The summed E-state index contributed by atoms with van der Waals surface area (Å²) in [4.78, 5) is 2.41. The average Bonchev–Trinajstić information content (AvgIpc) is 2.40. The summed E-state index contributed by atoms with van der Waals surface area (Å²) in [6.45, 7) is 7.60. The highest BCUT2D eigenvalue weighted by Gasteiger charge is 2.26. The minimum Gasteiger partial charge on any atom is -0.496 e. The fourth-order valence-corrected chi connectivity index (χ4v) is 2.79. The number of rotatable bonds is 4. The summed E-state index contributed by atoms with van der Waals surface area (Å²) in [5.41, 5.74) is 8.62. The van der Waals surface area contributed by atoms with Crippen molar-refractivity contribution in [3.05, 3.63) is 29.3 Å². The highest BCUT2D eigenvalue weighted by molar-refractivity contribution is 5.37. The molecule has 0 radical (unpaired) electrons. The number of ether oxygens (including phenoxy) is 2. The van der Waals surface area contributed by atoms with E-state index in [2.05, 4.69) is 30.9 Å². The molecule has 4 heteroatoms. The molecule has 106 valence electrons. The highest BCUT2D eigenvalue weighted by Crippen LogP contribution is 2.28. The van der Waals surface area contributed by atoms with Crippen molar-refractivity contribution in [3.63, 3.8) is 0 Å². The number of morpholine rings is 1. The standard InChI is InChI=1S/C15H24N2O2/c1-11-10-13(4-5-14(11)18-3)15(12(2)16)17-6-8-19-9-7-17/h4-5,10,12,15H,6-9,16H2,1-3H3. The highest BCUT2D eigenvalue weighted by atomic mass is 16.5. The van der Waals surface area contributed by atoms with Crippen molar-refractivity contribution in [2.24, 2.45) is 5.73 Å². The summed E-state index contributed by atoms with van der Waals surface area (Å²) in [6.07, 6.45) is 0. The summed E-state index contributed by atoms with van der Waals surface area (Å²) in [5, 5.41) is 0. The zero-order valence-corrected chi connectivity index (χ0v) is 12.1. The molecule has 2 atom stereocenters. The molecule has 0 aromatic heterocycles. The van der Waals surface area contributed by atoms with E-state index in [1.807, 2.05) is 6.07 Å². The van der Waals surface area contributed by atoms with Crippen molar-refractivity contribution >= 4 is 0 Å². The second-order valence-electron chi connectivity index (χ2n) is 5.18. The van der Waals surface area contributed by atoms with E-state index in [0.717, 1.165) is 37.6 Å². The van der Waals surface area contributed by atoms with E-state index < -0.39 is 0 Å². The first-order valence-electron chi connectivity index (χ1n) is 6.85. The Morgan fingerprint density at radius 2 is 2.00 bits per heavy atom. The first-order chi connectivity index (χ1) is 9.13. The number of benzene rings is 1. The molecule has 0 amide bonds. The van der Waals surface area contributed by atoms with Gasteiger partial charge < -0.3 is 15.2 Å². The molecule has 2 N–H and O–H groups in total. The molecular weight excluding hydrogens is 240 g/mol. The number of hydrogen-bond donors (Lipinski definition) is 1. The van der Waals surface area contributed by atoms with Crippen LogP contribution in [0, 0.1) is 6.92 Å². The number of nitrogens with zero attached hydrogens (tertiary/aromatic N) is 1. The first-order valence-corrected chi connectivity index (χ1v) is 6.85. The van der Waals surface area contributed by atoms with Crippen LogP contribution in [-0.2, 0) is 4.74 Å². The van der Waals surface area contributed by atoms with Gasteiger partial charge in [-0.1, -0.05) is 12.1 Å². The Labute approximate surface area is 115 Å². The molecule has 1 aliphatic heterocycles. The first kappa shape index (κ1) is 14.3. The smallest absolute Gasteiger partial charge is 0.121 e. The fraction of sp³-hybridized carbons (Fsp3) is 0.600. The third-order valence-electron chi connectivity index (χ3n) is 3.70. The van der Waals surface area contributed by atoms with E-state index in [4.69, 9.17) is 15.2 Å². The molecule has 1 aliphatic rings. The van der Waals surface area contributed by atoms with Crippen LogP contribution in [0.15, 0.2) is 18.2 Å². The van der Waals surface area contributed by atoms with Crippen LogP contribution in [0.25, 0.3) is 0 Å². The van der Waals surface area contributed by atoms with Crippen LogP contribution in [0.1, 0.15) is 24.1 Å². The lowest BCUT2D eigenvalue weighted by molar-refractivity contribution is 0.0116. The Morgan fingerprint density at radius 3 is 2.53 bits per heavy atom. The van der Waals surface area contributed by atoms with Crippen molar-refractivity contribution in [1.29, 1.82) is 0 Å². The van der Waals surface area contributed by atoms with Gasteiger partial charge in [0, 0.05) is 25.2 Å². The zero-order valence-electron chi connectivity index (χ0n) is 12.1. The molecule has 1 aromatic rings. The van der Waals surface area contributed by atoms with Crippen LogP contribution in [0.5, 0.6) is 5.75 Å². The maximum absolute atomic E-state index is 6.21. The van der Waals surface area contributed by atoms with Gasteiger partial charge in [0.25, 0.3) is 0 Å². The Bertz CT molecular complexity index is 415. The number of nitrogens with two attached hydrogens (primary N) is 1. The third-order valence-corrected chi connectivity index (χ3v) is 3.70. The van der Waals surface area contributed by atoms with Crippen molar-refractivity contribution in [2.45, 2.75) is 25.9 Å². The predicted octanol–water partition coefficient (Wildman–Crippen LogP) is 1.72. The minimum atomic E-state index is 0.0888. The largest absolute Gasteiger partial charge is 0.496 e. The average molecular weight is 264 g/mol. The molecule has 19 heavy (non-hydrogen) atoms. The number of aryl methyl sites for hydroxylation is 1. The van der Waals surface area contributed by atoms with Crippen molar-refractivity contribution in [1.82, 2.24) is 4.90 Å². The van der Waals surface area contributed by atoms with Crippen LogP contribution >= 0.6 is 0 Å². The summed E-state index contributed by atoms with van der Waals surface area (Å²) in [6, 6.07) is 6.66. The lowest BCUT2D eigenvalue weighted by Gasteiger charge is -2.37. The van der Waals surface area contributed by atoms with Gasteiger partial charge in [0.15, 0.2) is 0 Å². The van der Waals surface area contributed by atoms with Crippen molar-refractivity contribution in [2.75, 3.05) is 33.4 Å². The molecule has 0 aliphatic carbocycles. The lowest BCUT2D eigenvalue weighted by Crippen LogP contribution is -2.45. The van der Waals surface area contributed by atoms with E-state index in [0.29, 0.717) is 0 Å². The van der Waals surface area contributed by atoms with Gasteiger partial charge in [0.2, 0.25) is 0 Å². The van der Waals surface area contributed by atoms with Crippen LogP contribution in [0.4, 0.5) is 0 Å². The maximum atomic E-state index is 6.21. The van der Waals surface area contributed by atoms with Crippen LogP contribution in [0.3, 0.4) is 0 Å². The van der Waals surface area contributed by atoms with E-state index in [-0.39, 0.29) is 12.1 Å².